The number of aromatic nitrogens is 2. The lowest BCUT2D eigenvalue weighted by molar-refractivity contribution is 0.271. The van der Waals surface area contributed by atoms with Gasteiger partial charge >= 0.3 is 0 Å². The highest BCUT2D eigenvalue weighted by Gasteiger charge is 2.10. The van der Waals surface area contributed by atoms with Crippen molar-refractivity contribution in [2.45, 2.75) is 33.5 Å². The minimum atomic E-state index is 0. The van der Waals surface area contributed by atoms with Crippen LogP contribution in [0.3, 0.4) is 0 Å². The van der Waals surface area contributed by atoms with Gasteiger partial charge in [0.25, 0.3) is 0 Å². The van der Waals surface area contributed by atoms with Gasteiger partial charge in [0.05, 0.1) is 11.4 Å². The molecule has 0 radical (unpaired) electrons. The molecule has 0 aliphatic carbocycles. The van der Waals surface area contributed by atoms with Crippen molar-refractivity contribution >= 4 is 0 Å². The Balaban J connectivity index is 0.00000146. The number of hydrogen-bond donors (Lipinski definition) is 3. The van der Waals surface area contributed by atoms with Crippen LogP contribution in [0, 0.1) is 0 Å². The van der Waals surface area contributed by atoms with Crippen molar-refractivity contribution in [2.24, 2.45) is 5.73 Å². The van der Waals surface area contributed by atoms with E-state index < -0.39 is 0 Å². The average molecular weight is 407 g/mol. The predicted molar refractivity (Wildman–Crippen MR) is 125 cm³/mol. The topological polar surface area (TPSA) is 102 Å². The van der Waals surface area contributed by atoms with E-state index in [1.165, 1.54) is 5.56 Å². The molecule has 0 amide bonds. The molecule has 0 saturated carbocycles. The van der Waals surface area contributed by atoms with E-state index in [1.54, 1.807) is 0 Å². The van der Waals surface area contributed by atoms with Crippen LogP contribution in [0.5, 0.6) is 0 Å². The number of pyridine rings is 2. The van der Waals surface area contributed by atoms with Crippen molar-refractivity contribution in [3.8, 4) is 0 Å². The SMILES string of the molecule is CC.N.N/C(=C\NCc1ccccc1)CN(Cc1ccccn1)Cc1ccccn1. The maximum absolute atomic E-state index is 6.26. The number of benzene rings is 1. The molecule has 1 aromatic carbocycles. The van der Waals surface area contributed by atoms with E-state index in [-0.39, 0.29) is 6.15 Å². The van der Waals surface area contributed by atoms with Gasteiger partial charge in [-0.1, -0.05) is 56.3 Å². The van der Waals surface area contributed by atoms with Crippen molar-refractivity contribution in [3.63, 3.8) is 0 Å². The smallest absolute Gasteiger partial charge is 0.0544 e. The van der Waals surface area contributed by atoms with Gasteiger partial charge in [0, 0.05) is 50.5 Å². The van der Waals surface area contributed by atoms with Crippen LogP contribution in [0.15, 0.2) is 91.0 Å². The molecule has 0 spiro atoms. The third-order valence-corrected chi connectivity index (χ3v) is 4.07. The van der Waals surface area contributed by atoms with E-state index in [4.69, 9.17) is 5.73 Å². The van der Waals surface area contributed by atoms with Crippen molar-refractivity contribution in [3.05, 3.63) is 108 Å². The molecule has 0 atom stereocenters. The van der Waals surface area contributed by atoms with Crippen molar-refractivity contribution in [1.82, 2.24) is 26.3 Å². The molecule has 6 nitrogen and oxygen atoms in total. The van der Waals surface area contributed by atoms with Crippen LogP contribution in [-0.2, 0) is 19.6 Å². The lowest BCUT2D eigenvalue weighted by Gasteiger charge is -2.22. The van der Waals surface area contributed by atoms with Gasteiger partial charge < -0.3 is 17.2 Å². The van der Waals surface area contributed by atoms with Gasteiger partial charge in [0.1, 0.15) is 0 Å². The Morgan fingerprint density at radius 3 is 1.90 bits per heavy atom. The summed E-state index contributed by atoms with van der Waals surface area (Å²) < 4.78 is 0. The zero-order chi connectivity index (χ0) is 20.7. The van der Waals surface area contributed by atoms with E-state index in [0.717, 1.165) is 23.6 Å². The molecule has 6 N–H and O–H groups in total. The van der Waals surface area contributed by atoms with Crippen LogP contribution in [0.4, 0.5) is 0 Å². The van der Waals surface area contributed by atoms with Crippen LogP contribution in [0.2, 0.25) is 0 Å². The normalized spacial score (nSPS) is 10.6. The highest BCUT2D eigenvalue weighted by atomic mass is 15.1. The number of hydrogen-bond acceptors (Lipinski definition) is 6. The Bertz CT molecular complexity index is 781. The first kappa shape index (κ1) is 24.8. The Hall–Kier alpha value is -3.22. The average Bonchev–Trinajstić information content (AvgIpc) is 2.77. The molecule has 0 aliphatic heterocycles. The molecule has 3 rings (SSSR count). The molecular formula is C24H34N6. The van der Waals surface area contributed by atoms with Crippen LogP contribution >= 0.6 is 0 Å². The molecule has 0 saturated heterocycles. The predicted octanol–water partition coefficient (Wildman–Crippen LogP) is 4.26. The first-order valence-corrected chi connectivity index (χ1v) is 10.0. The van der Waals surface area contributed by atoms with E-state index in [9.17, 15) is 0 Å². The maximum Gasteiger partial charge on any atom is 0.0544 e. The number of nitrogens with one attached hydrogen (secondary N) is 1. The van der Waals surface area contributed by atoms with E-state index in [1.807, 2.05) is 87.0 Å². The molecule has 160 valence electrons. The third-order valence-electron chi connectivity index (χ3n) is 4.07. The lowest BCUT2D eigenvalue weighted by Crippen LogP contribution is -2.29. The van der Waals surface area contributed by atoms with E-state index in [2.05, 4.69) is 32.3 Å². The zero-order valence-electron chi connectivity index (χ0n) is 18.0. The minimum absolute atomic E-state index is 0. The molecule has 30 heavy (non-hydrogen) atoms. The van der Waals surface area contributed by atoms with E-state index in [0.29, 0.717) is 19.6 Å². The second-order valence-corrected chi connectivity index (χ2v) is 6.37. The van der Waals surface area contributed by atoms with Gasteiger partial charge in [-0.2, -0.15) is 0 Å². The first-order chi connectivity index (χ1) is 14.3. The molecular weight excluding hydrogens is 372 g/mol. The van der Waals surface area contributed by atoms with Gasteiger partial charge in [-0.15, -0.1) is 0 Å². The zero-order valence-corrected chi connectivity index (χ0v) is 18.0. The highest BCUT2D eigenvalue weighted by molar-refractivity contribution is 5.15. The Morgan fingerprint density at radius 2 is 1.40 bits per heavy atom. The van der Waals surface area contributed by atoms with Crippen molar-refractivity contribution in [2.75, 3.05) is 6.54 Å². The Kier molecular flexibility index (Phi) is 12.2. The van der Waals surface area contributed by atoms with Crippen molar-refractivity contribution < 1.29 is 0 Å². The molecule has 2 heterocycles. The second kappa shape index (κ2) is 14.7. The first-order valence-electron chi connectivity index (χ1n) is 10.0. The summed E-state index contributed by atoms with van der Waals surface area (Å²) in [5, 5.41) is 3.29. The Morgan fingerprint density at radius 1 is 0.867 bits per heavy atom. The summed E-state index contributed by atoms with van der Waals surface area (Å²) in [5.74, 6) is 0. The fourth-order valence-electron chi connectivity index (χ4n) is 2.81. The summed E-state index contributed by atoms with van der Waals surface area (Å²) in [7, 11) is 0. The third kappa shape index (κ3) is 9.32. The number of nitrogens with two attached hydrogens (primary N) is 1. The minimum Gasteiger partial charge on any atom is -0.400 e. The second-order valence-electron chi connectivity index (χ2n) is 6.37. The van der Waals surface area contributed by atoms with Gasteiger partial charge in [0.15, 0.2) is 0 Å². The van der Waals surface area contributed by atoms with E-state index >= 15 is 0 Å². The molecule has 3 aromatic rings. The van der Waals surface area contributed by atoms with Gasteiger partial charge in [-0.3, -0.25) is 14.9 Å². The van der Waals surface area contributed by atoms with Crippen LogP contribution < -0.4 is 17.2 Å². The fraction of sp³-hybridized carbons (Fsp3) is 0.250. The Labute approximate surface area is 180 Å². The van der Waals surface area contributed by atoms with Gasteiger partial charge in [0.2, 0.25) is 0 Å². The quantitative estimate of drug-likeness (QED) is 0.491. The van der Waals surface area contributed by atoms with Crippen LogP contribution in [0.25, 0.3) is 0 Å². The summed E-state index contributed by atoms with van der Waals surface area (Å²) in [4.78, 5) is 11.1. The summed E-state index contributed by atoms with van der Waals surface area (Å²) in [5.41, 5.74) is 10.3. The maximum atomic E-state index is 6.26. The highest BCUT2D eigenvalue weighted by Crippen LogP contribution is 2.08. The van der Waals surface area contributed by atoms with Crippen molar-refractivity contribution in [1.29, 1.82) is 0 Å². The molecule has 0 aliphatic rings. The molecule has 0 bridgehead atoms. The monoisotopic (exact) mass is 406 g/mol. The van der Waals surface area contributed by atoms with Crippen LogP contribution in [-0.4, -0.2) is 21.4 Å². The summed E-state index contributed by atoms with van der Waals surface area (Å²) >= 11 is 0. The fourth-order valence-corrected chi connectivity index (χ4v) is 2.81. The summed E-state index contributed by atoms with van der Waals surface area (Å²) in [6, 6.07) is 22.2. The standard InChI is InChI=1S/C22H25N5.C2H6.H3N/c23-20(15-24-14-19-8-2-1-3-9-19)16-27(17-21-10-4-6-12-25-21)18-22-11-5-7-13-26-22;1-2;/h1-13,15,24H,14,16-18,23H2;1-2H3;1H3/b20-15-;;. The van der Waals surface area contributed by atoms with Gasteiger partial charge in [-0.05, 0) is 29.8 Å². The van der Waals surface area contributed by atoms with Crippen LogP contribution in [0.1, 0.15) is 30.8 Å². The number of nitrogens with zero attached hydrogens (tertiary/aromatic N) is 3. The summed E-state index contributed by atoms with van der Waals surface area (Å²) in [6.45, 7) is 6.81. The molecule has 2 aromatic heterocycles. The largest absolute Gasteiger partial charge is 0.400 e. The van der Waals surface area contributed by atoms with Gasteiger partial charge in [-0.25, -0.2) is 0 Å². The molecule has 0 unspecified atom stereocenters. The lowest BCUT2D eigenvalue weighted by atomic mass is 10.2. The number of rotatable bonds is 9. The molecule has 6 heteroatoms. The molecule has 0 fully saturated rings. The summed E-state index contributed by atoms with van der Waals surface area (Å²) in [6.07, 6.45) is 5.51.